The molecule has 0 aliphatic carbocycles. The van der Waals surface area contributed by atoms with Crippen LogP contribution in [0.15, 0.2) is 12.2 Å². The summed E-state index contributed by atoms with van der Waals surface area (Å²) in [6.07, 6.45) is 4.82. The minimum Gasteiger partial charge on any atom is -0.356 e. The van der Waals surface area contributed by atoms with Crippen molar-refractivity contribution in [2.75, 3.05) is 17.6 Å². The van der Waals surface area contributed by atoms with Crippen LogP contribution < -0.4 is 10.6 Å². The molecule has 0 aromatic carbocycles. The Balaban J connectivity index is 2.11. The summed E-state index contributed by atoms with van der Waals surface area (Å²) < 4.78 is 0.710. The largest absolute Gasteiger partial charge is 0.356 e. The number of carbonyl (C=O) groups excluding carboxylic acids is 4. The van der Waals surface area contributed by atoms with E-state index in [1.807, 2.05) is 0 Å². The molecular formula is C14H21IN3O4P. The van der Waals surface area contributed by atoms with Crippen molar-refractivity contribution in [2.45, 2.75) is 31.7 Å². The quantitative estimate of drug-likeness (QED) is 0.118. The molecule has 2 unspecified atom stereocenters. The van der Waals surface area contributed by atoms with Crippen LogP contribution in [0.1, 0.15) is 25.7 Å². The first-order chi connectivity index (χ1) is 11.0. The van der Waals surface area contributed by atoms with E-state index in [-0.39, 0.29) is 42.3 Å². The summed E-state index contributed by atoms with van der Waals surface area (Å²) in [6.45, 7) is 0.612. The SMILES string of the molecule is O=C(CCN1C(=O)C=CC1=O)NCCCCC(NCI)C(=O)P. The van der Waals surface area contributed by atoms with Gasteiger partial charge in [0.25, 0.3) is 11.8 Å². The monoisotopic (exact) mass is 453 g/mol. The number of rotatable bonds is 11. The maximum atomic E-state index is 11.7. The zero-order valence-corrected chi connectivity index (χ0v) is 16.0. The van der Waals surface area contributed by atoms with E-state index in [0.29, 0.717) is 11.1 Å². The van der Waals surface area contributed by atoms with Gasteiger partial charge in [0.1, 0.15) is 0 Å². The molecule has 2 atom stereocenters. The molecule has 9 heteroatoms. The lowest BCUT2D eigenvalue weighted by molar-refractivity contribution is -0.137. The molecular weight excluding hydrogens is 432 g/mol. The topological polar surface area (TPSA) is 95.6 Å². The number of carbonyl (C=O) groups is 4. The predicted molar refractivity (Wildman–Crippen MR) is 97.9 cm³/mol. The number of nitrogens with one attached hydrogen (secondary N) is 2. The minimum atomic E-state index is -0.376. The number of hydrogen-bond acceptors (Lipinski definition) is 5. The summed E-state index contributed by atoms with van der Waals surface area (Å²) in [5.74, 6) is -0.945. The lowest BCUT2D eigenvalue weighted by atomic mass is 10.1. The van der Waals surface area contributed by atoms with Crippen molar-refractivity contribution in [1.82, 2.24) is 15.5 Å². The van der Waals surface area contributed by atoms with Crippen LogP contribution in [0.2, 0.25) is 0 Å². The second-order valence-electron chi connectivity index (χ2n) is 5.05. The Morgan fingerprint density at radius 2 is 1.87 bits per heavy atom. The fourth-order valence-corrected chi connectivity index (χ4v) is 2.91. The number of hydrogen-bond donors (Lipinski definition) is 2. The summed E-state index contributed by atoms with van der Waals surface area (Å²) in [5, 5.41) is 5.85. The van der Waals surface area contributed by atoms with Crippen LogP contribution >= 0.6 is 31.8 Å². The van der Waals surface area contributed by atoms with Crippen molar-refractivity contribution < 1.29 is 19.2 Å². The average molecular weight is 453 g/mol. The summed E-state index contributed by atoms with van der Waals surface area (Å²) in [7, 11) is 2.19. The van der Waals surface area contributed by atoms with E-state index in [4.69, 9.17) is 0 Å². The van der Waals surface area contributed by atoms with Gasteiger partial charge in [-0.25, -0.2) is 0 Å². The molecule has 0 bridgehead atoms. The van der Waals surface area contributed by atoms with Crippen LogP contribution in [0, 0.1) is 0 Å². The Hall–Kier alpha value is -0.860. The Kier molecular flexibility index (Phi) is 9.50. The van der Waals surface area contributed by atoms with Crippen molar-refractivity contribution >= 4 is 55.1 Å². The van der Waals surface area contributed by atoms with Gasteiger partial charge in [0.15, 0.2) is 5.52 Å². The first-order valence-electron chi connectivity index (χ1n) is 7.34. The van der Waals surface area contributed by atoms with E-state index in [1.54, 1.807) is 0 Å². The Morgan fingerprint density at radius 1 is 1.22 bits per heavy atom. The van der Waals surface area contributed by atoms with Gasteiger partial charge in [-0.1, -0.05) is 31.8 Å². The van der Waals surface area contributed by atoms with Gasteiger partial charge >= 0.3 is 0 Å². The molecule has 128 valence electrons. The molecule has 1 aliphatic rings. The zero-order chi connectivity index (χ0) is 17.2. The number of unbranched alkanes of at least 4 members (excludes halogenated alkanes) is 1. The molecule has 1 heterocycles. The third-order valence-corrected chi connectivity index (χ3v) is 4.21. The average Bonchev–Trinajstić information content (AvgIpc) is 2.82. The standard InChI is InChI=1S/C14H21IN3O4P/c15-9-17-10(14(22)23)3-1-2-7-16-11(19)6-8-18-12(20)4-5-13(18)21/h4-5,10,17H,1-3,6-9,23H2,(H,16,19). The number of imide groups is 1. The van der Waals surface area contributed by atoms with E-state index in [0.717, 1.165) is 24.2 Å². The maximum Gasteiger partial charge on any atom is 0.253 e. The lowest BCUT2D eigenvalue weighted by Gasteiger charge is -2.14. The van der Waals surface area contributed by atoms with Crippen LogP contribution in [0.4, 0.5) is 0 Å². The Labute approximate surface area is 151 Å². The zero-order valence-electron chi connectivity index (χ0n) is 12.7. The third-order valence-electron chi connectivity index (χ3n) is 3.37. The van der Waals surface area contributed by atoms with Crippen molar-refractivity contribution in [2.24, 2.45) is 0 Å². The number of alkyl halides is 1. The van der Waals surface area contributed by atoms with Gasteiger partial charge in [-0.2, -0.15) is 0 Å². The molecule has 1 rings (SSSR count). The molecule has 23 heavy (non-hydrogen) atoms. The highest BCUT2D eigenvalue weighted by atomic mass is 127. The summed E-state index contributed by atoms with van der Waals surface area (Å²) in [4.78, 5) is 46.7. The highest BCUT2D eigenvalue weighted by Gasteiger charge is 2.23. The maximum absolute atomic E-state index is 11.7. The van der Waals surface area contributed by atoms with E-state index < -0.39 is 0 Å². The molecule has 7 nitrogen and oxygen atoms in total. The predicted octanol–water partition coefficient (Wildman–Crippen LogP) is 0.340. The smallest absolute Gasteiger partial charge is 0.253 e. The normalized spacial score (nSPS) is 15.1. The van der Waals surface area contributed by atoms with Gasteiger partial charge in [0.05, 0.1) is 6.04 Å². The number of amides is 3. The highest BCUT2D eigenvalue weighted by Crippen LogP contribution is 2.06. The highest BCUT2D eigenvalue weighted by molar-refractivity contribution is 14.1. The molecule has 0 saturated carbocycles. The van der Waals surface area contributed by atoms with Crippen molar-refractivity contribution in [1.29, 1.82) is 0 Å². The minimum absolute atomic E-state index is 0.0410. The van der Waals surface area contributed by atoms with Gasteiger partial charge < -0.3 is 5.32 Å². The Morgan fingerprint density at radius 3 is 2.43 bits per heavy atom. The first-order valence-corrected chi connectivity index (χ1v) is 9.45. The van der Waals surface area contributed by atoms with Crippen LogP contribution in [-0.2, 0) is 19.2 Å². The first kappa shape index (κ1) is 20.2. The molecule has 1 aliphatic heterocycles. The summed E-state index contributed by atoms with van der Waals surface area (Å²) in [6, 6.07) is -0.160. The van der Waals surface area contributed by atoms with Gasteiger partial charge in [0, 0.05) is 36.2 Å². The molecule has 0 radical (unpaired) electrons. The molecule has 0 aromatic heterocycles. The second-order valence-corrected chi connectivity index (χ2v) is 6.38. The van der Waals surface area contributed by atoms with Gasteiger partial charge in [0.2, 0.25) is 5.91 Å². The van der Waals surface area contributed by atoms with Gasteiger partial charge in [-0.05, 0) is 19.3 Å². The molecule has 0 aromatic rings. The lowest BCUT2D eigenvalue weighted by Crippen LogP contribution is -2.35. The van der Waals surface area contributed by atoms with Crippen molar-refractivity contribution in [3.63, 3.8) is 0 Å². The number of halogens is 1. The second kappa shape index (κ2) is 10.8. The van der Waals surface area contributed by atoms with E-state index in [9.17, 15) is 19.2 Å². The molecule has 3 amide bonds. The number of nitrogens with zero attached hydrogens (tertiary/aromatic N) is 1. The van der Waals surface area contributed by atoms with Crippen molar-refractivity contribution in [3.05, 3.63) is 12.2 Å². The van der Waals surface area contributed by atoms with Crippen LogP contribution in [0.25, 0.3) is 0 Å². The molecule has 2 N–H and O–H groups in total. The van der Waals surface area contributed by atoms with Crippen molar-refractivity contribution in [3.8, 4) is 0 Å². The summed E-state index contributed by atoms with van der Waals surface area (Å²) in [5.41, 5.74) is 0.0410. The van der Waals surface area contributed by atoms with E-state index >= 15 is 0 Å². The fraction of sp³-hybridized carbons (Fsp3) is 0.571. The van der Waals surface area contributed by atoms with Gasteiger partial charge in [-0.15, -0.1) is 0 Å². The van der Waals surface area contributed by atoms with Crippen LogP contribution in [0.5, 0.6) is 0 Å². The molecule has 0 fully saturated rings. The van der Waals surface area contributed by atoms with E-state index in [1.165, 1.54) is 12.2 Å². The Bertz CT molecular complexity index is 480. The fourth-order valence-electron chi connectivity index (χ4n) is 2.09. The van der Waals surface area contributed by atoms with Crippen LogP contribution in [0.3, 0.4) is 0 Å². The van der Waals surface area contributed by atoms with Crippen LogP contribution in [-0.4, -0.2) is 51.8 Å². The van der Waals surface area contributed by atoms with E-state index in [2.05, 4.69) is 42.5 Å². The van der Waals surface area contributed by atoms with Gasteiger partial charge in [-0.3, -0.25) is 29.4 Å². The molecule has 0 saturated heterocycles. The third kappa shape index (κ3) is 7.50. The molecule has 0 spiro atoms. The summed E-state index contributed by atoms with van der Waals surface area (Å²) >= 11 is 2.15.